The number of anilines is 1. The molecule has 0 aliphatic carbocycles. The summed E-state index contributed by atoms with van der Waals surface area (Å²) in [4.78, 5) is 19.7. The minimum absolute atomic E-state index is 0.0890. The molecule has 0 spiro atoms. The lowest BCUT2D eigenvalue weighted by Gasteiger charge is -2.26. The fraction of sp³-hybridized carbons (Fsp3) is 0.156. The molecule has 2 atom stereocenters. The maximum Gasteiger partial charge on any atom is 0.226 e. The lowest BCUT2D eigenvalue weighted by molar-refractivity contribution is -0.116. The molecule has 40 heavy (non-hydrogen) atoms. The number of hydrogen-bond acceptors (Lipinski definition) is 4. The number of pyridine rings is 1. The molecule has 1 aliphatic rings. The molecule has 5 aromatic rings. The van der Waals surface area contributed by atoms with Gasteiger partial charge in [0.25, 0.3) is 0 Å². The molecule has 3 heterocycles. The summed E-state index contributed by atoms with van der Waals surface area (Å²) < 4.78 is 6.44. The van der Waals surface area contributed by atoms with Crippen molar-refractivity contribution in [2.24, 2.45) is 0 Å². The number of benzene rings is 3. The zero-order chi connectivity index (χ0) is 27.6. The van der Waals surface area contributed by atoms with Crippen molar-refractivity contribution < 1.29 is 9.21 Å². The van der Waals surface area contributed by atoms with Crippen molar-refractivity contribution in [1.29, 1.82) is 0 Å². The van der Waals surface area contributed by atoms with Crippen molar-refractivity contribution in [3.05, 3.63) is 119 Å². The number of thiocarbonyl (C=S) groups is 1. The second-order valence-electron chi connectivity index (χ2n) is 9.76. The van der Waals surface area contributed by atoms with Gasteiger partial charge in [0.05, 0.1) is 11.7 Å². The van der Waals surface area contributed by atoms with E-state index in [0.29, 0.717) is 16.7 Å². The summed E-state index contributed by atoms with van der Waals surface area (Å²) in [5.41, 5.74) is 3.52. The zero-order valence-corrected chi connectivity index (χ0v) is 23.4. The van der Waals surface area contributed by atoms with Crippen LogP contribution in [-0.4, -0.2) is 27.4 Å². The van der Waals surface area contributed by atoms with Crippen LogP contribution in [0, 0.1) is 6.92 Å². The molecule has 3 aromatic carbocycles. The Bertz CT molecular complexity index is 1700. The topological polar surface area (TPSA) is 70.4 Å². The number of amides is 1. The Morgan fingerprint density at radius 2 is 1.82 bits per heavy atom. The van der Waals surface area contributed by atoms with Crippen LogP contribution in [0.1, 0.15) is 35.5 Å². The molecule has 0 saturated carbocycles. The monoisotopic (exact) mass is 566 g/mol. The first-order valence-corrected chi connectivity index (χ1v) is 13.9. The molecule has 6 rings (SSSR count). The quantitative estimate of drug-likeness (QED) is 0.199. The van der Waals surface area contributed by atoms with E-state index in [2.05, 4.69) is 15.6 Å². The minimum Gasteiger partial charge on any atom is -0.459 e. The van der Waals surface area contributed by atoms with Gasteiger partial charge < -0.3 is 20.0 Å². The highest BCUT2D eigenvalue weighted by Gasteiger charge is 2.41. The fourth-order valence-electron chi connectivity index (χ4n) is 5.26. The van der Waals surface area contributed by atoms with Crippen LogP contribution >= 0.6 is 23.8 Å². The van der Waals surface area contributed by atoms with Crippen LogP contribution in [0.25, 0.3) is 22.1 Å². The first kappa shape index (κ1) is 26.0. The van der Waals surface area contributed by atoms with Gasteiger partial charge in [-0.1, -0.05) is 66.2 Å². The van der Waals surface area contributed by atoms with Gasteiger partial charge in [0.15, 0.2) is 5.11 Å². The molecule has 1 fully saturated rings. The third-order valence-corrected chi connectivity index (χ3v) is 8.05. The molecular formula is C32H27ClN4O2S. The van der Waals surface area contributed by atoms with E-state index in [1.54, 1.807) is 6.20 Å². The largest absolute Gasteiger partial charge is 0.459 e. The summed E-state index contributed by atoms with van der Waals surface area (Å²) in [6.07, 6.45) is 2.01. The predicted octanol–water partition coefficient (Wildman–Crippen LogP) is 7.46. The maximum atomic E-state index is 13.1. The Balaban J connectivity index is 1.27. The number of carbonyl (C=O) groups excluding carboxylic acids is 1. The highest BCUT2D eigenvalue weighted by molar-refractivity contribution is 7.80. The smallest absolute Gasteiger partial charge is 0.226 e. The highest BCUT2D eigenvalue weighted by Crippen LogP contribution is 2.41. The number of nitrogens with zero attached hydrogens (tertiary/aromatic N) is 2. The molecule has 0 bridgehead atoms. The number of aromatic nitrogens is 1. The standard InChI is InChI=1S/C32H27ClN4O2S/c1-20-22(11-7-12-24(20)33)27-15-16-28(39-27)31-30(26-13-4-5-18-34-26)36-32(40)37(31)19-17-29(38)35-25-14-6-9-21-8-2-3-10-23(21)25/h2-16,18,30-31H,17,19H2,1H3,(H,35,38)(H,36,40)/t30-,31+/m0/s1. The molecule has 1 amide bonds. The SMILES string of the molecule is Cc1c(Cl)cccc1-c1ccc([C@@H]2[C@H](c3ccccn3)NC(=S)N2CCC(=O)Nc2cccc3ccccc23)o1. The van der Waals surface area contributed by atoms with Crippen molar-refractivity contribution in [2.75, 3.05) is 11.9 Å². The van der Waals surface area contributed by atoms with Crippen LogP contribution in [-0.2, 0) is 4.79 Å². The summed E-state index contributed by atoms with van der Waals surface area (Å²) >= 11 is 12.2. The van der Waals surface area contributed by atoms with Crippen molar-refractivity contribution >= 4 is 51.3 Å². The minimum atomic E-state index is -0.291. The van der Waals surface area contributed by atoms with Gasteiger partial charge in [-0.3, -0.25) is 9.78 Å². The van der Waals surface area contributed by atoms with Gasteiger partial charge >= 0.3 is 0 Å². The number of halogens is 1. The third kappa shape index (κ3) is 5.06. The fourth-order valence-corrected chi connectivity index (χ4v) is 5.76. The Morgan fingerprint density at radius 1 is 1.02 bits per heavy atom. The average molecular weight is 567 g/mol. The van der Waals surface area contributed by atoms with E-state index in [1.165, 1.54) is 0 Å². The van der Waals surface area contributed by atoms with E-state index in [0.717, 1.165) is 44.8 Å². The van der Waals surface area contributed by atoms with Crippen molar-refractivity contribution in [1.82, 2.24) is 15.2 Å². The number of nitrogens with one attached hydrogen (secondary N) is 2. The van der Waals surface area contributed by atoms with Crippen molar-refractivity contribution in [3.8, 4) is 11.3 Å². The highest BCUT2D eigenvalue weighted by atomic mass is 35.5. The summed E-state index contributed by atoms with van der Waals surface area (Å²) in [5.74, 6) is 1.36. The zero-order valence-electron chi connectivity index (χ0n) is 21.8. The van der Waals surface area contributed by atoms with Crippen LogP contribution < -0.4 is 10.6 Å². The van der Waals surface area contributed by atoms with Crippen LogP contribution in [0.5, 0.6) is 0 Å². The van der Waals surface area contributed by atoms with Crippen LogP contribution in [0.15, 0.2) is 102 Å². The lowest BCUT2D eigenvalue weighted by atomic mass is 10.0. The number of carbonyl (C=O) groups is 1. The van der Waals surface area contributed by atoms with E-state index < -0.39 is 0 Å². The molecule has 0 unspecified atom stereocenters. The van der Waals surface area contributed by atoms with Crippen molar-refractivity contribution in [3.63, 3.8) is 0 Å². The number of furan rings is 1. The molecule has 1 aliphatic heterocycles. The Kier molecular flexibility index (Phi) is 7.24. The molecule has 8 heteroatoms. The third-order valence-electron chi connectivity index (χ3n) is 7.29. The second-order valence-corrected chi connectivity index (χ2v) is 10.6. The summed E-state index contributed by atoms with van der Waals surface area (Å²) in [5, 5.41) is 9.81. The Hall–Kier alpha value is -4.20. The Labute approximate surface area is 243 Å². The number of rotatable bonds is 7. The molecule has 0 radical (unpaired) electrons. The molecule has 2 N–H and O–H groups in total. The number of hydrogen-bond donors (Lipinski definition) is 2. The number of fused-ring (bicyclic) bond motifs is 1. The van der Waals surface area contributed by atoms with Gasteiger partial charge in [-0.25, -0.2) is 0 Å². The summed E-state index contributed by atoms with van der Waals surface area (Å²) in [6, 6.07) is 28.9. The van der Waals surface area contributed by atoms with Gasteiger partial charge in [-0.15, -0.1) is 0 Å². The predicted molar refractivity (Wildman–Crippen MR) is 163 cm³/mol. The lowest BCUT2D eigenvalue weighted by Crippen LogP contribution is -2.32. The molecular weight excluding hydrogens is 540 g/mol. The molecule has 200 valence electrons. The first-order chi connectivity index (χ1) is 19.5. The van der Waals surface area contributed by atoms with Crippen molar-refractivity contribution in [2.45, 2.75) is 25.4 Å². The molecule has 6 nitrogen and oxygen atoms in total. The van der Waals surface area contributed by atoms with Crippen LogP contribution in [0.3, 0.4) is 0 Å². The van der Waals surface area contributed by atoms with Gasteiger partial charge in [0.2, 0.25) is 5.91 Å². The first-order valence-electron chi connectivity index (χ1n) is 13.1. The summed E-state index contributed by atoms with van der Waals surface area (Å²) in [7, 11) is 0. The van der Waals surface area contributed by atoms with E-state index >= 15 is 0 Å². The van der Waals surface area contributed by atoms with Gasteiger partial charge in [0, 0.05) is 40.8 Å². The summed E-state index contributed by atoms with van der Waals surface area (Å²) in [6.45, 7) is 2.38. The second kappa shape index (κ2) is 11.1. The van der Waals surface area contributed by atoms with Gasteiger partial charge in [-0.2, -0.15) is 0 Å². The maximum absolute atomic E-state index is 13.1. The van der Waals surface area contributed by atoms with E-state index in [9.17, 15) is 4.79 Å². The van der Waals surface area contributed by atoms with Crippen LogP contribution in [0.2, 0.25) is 5.02 Å². The van der Waals surface area contributed by atoms with E-state index in [4.69, 9.17) is 28.2 Å². The normalized spacial score (nSPS) is 16.8. The van der Waals surface area contributed by atoms with Crippen LogP contribution in [0.4, 0.5) is 5.69 Å². The van der Waals surface area contributed by atoms with E-state index in [1.807, 2.05) is 103 Å². The molecule has 2 aromatic heterocycles. The van der Waals surface area contributed by atoms with Gasteiger partial charge in [-0.05, 0) is 66.5 Å². The Morgan fingerprint density at radius 3 is 2.67 bits per heavy atom. The van der Waals surface area contributed by atoms with E-state index in [-0.39, 0.29) is 24.4 Å². The van der Waals surface area contributed by atoms with Gasteiger partial charge in [0.1, 0.15) is 17.6 Å². The average Bonchev–Trinajstić information content (AvgIpc) is 3.58. The molecule has 1 saturated heterocycles.